The van der Waals surface area contributed by atoms with E-state index < -0.39 is 0 Å². The number of hydrogen-bond donors (Lipinski definition) is 2. The van der Waals surface area contributed by atoms with Gasteiger partial charge in [-0.3, -0.25) is 0 Å². The summed E-state index contributed by atoms with van der Waals surface area (Å²) in [7, 11) is 0. The van der Waals surface area contributed by atoms with E-state index in [-0.39, 0.29) is 5.82 Å². The van der Waals surface area contributed by atoms with E-state index in [2.05, 4.69) is 26.1 Å². The minimum absolute atomic E-state index is 0.297. The molecule has 3 heteroatoms. The zero-order chi connectivity index (χ0) is 11.4. The number of benzene rings is 1. The third-order valence-corrected chi connectivity index (χ3v) is 2.81. The van der Waals surface area contributed by atoms with E-state index in [9.17, 15) is 4.39 Å². The average Bonchev–Trinajstić information content (AvgIpc) is 2.14. The molecule has 1 aromatic carbocycles. The first-order valence-electron chi connectivity index (χ1n) is 5.35. The third-order valence-electron chi connectivity index (χ3n) is 2.81. The number of anilines is 2. The molecule has 0 fully saturated rings. The summed E-state index contributed by atoms with van der Waals surface area (Å²) >= 11 is 0. The Morgan fingerprint density at radius 3 is 2.53 bits per heavy atom. The van der Waals surface area contributed by atoms with Crippen LogP contribution >= 0.6 is 0 Å². The summed E-state index contributed by atoms with van der Waals surface area (Å²) in [4.78, 5) is 0. The van der Waals surface area contributed by atoms with E-state index in [1.807, 2.05) is 0 Å². The van der Waals surface area contributed by atoms with Crippen molar-refractivity contribution in [2.45, 2.75) is 33.2 Å². The molecule has 1 rings (SSSR count). The molecule has 2 atom stereocenters. The molecule has 3 N–H and O–H groups in total. The Kier molecular flexibility index (Phi) is 3.95. The first-order chi connectivity index (χ1) is 7.02. The standard InChI is InChI=1S/C12H19FN2/c1-4-8(2)9(3)15-12-6-10(13)5-11(14)7-12/h5-9,15H,4,14H2,1-3H3. The minimum atomic E-state index is -0.297. The van der Waals surface area contributed by atoms with E-state index in [1.165, 1.54) is 12.1 Å². The summed E-state index contributed by atoms with van der Waals surface area (Å²) in [6, 6.07) is 4.85. The Balaban J connectivity index is 2.72. The maximum atomic E-state index is 13.0. The number of halogens is 1. The quantitative estimate of drug-likeness (QED) is 0.749. The number of nitrogen functional groups attached to an aromatic ring is 1. The monoisotopic (exact) mass is 210 g/mol. The molecule has 0 aliphatic rings. The van der Waals surface area contributed by atoms with Gasteiger partial charge in [0.2, 0.25) is 0 Å². The summed E-state index contributed by atoms with van der Waals surface area (Å²) in [6.07, 6.45) is 1.10. The van der Waals surface area contributed by atoms with Crippen LogP contribution in [0, 0.1) is 11.7 Å². The molecule has 0 aliphatic heterocycles. The minimum Gasteiger partial charge on any atom is -0.399 e. The zero-order valence-corrected chi connectivity index (χ0v) is 9.55. The topological polar surface area (TPSA) is 38.0 Å². The lowest BCUT2D eigenvalue weighted by atomic mass is 10.0. The molecule has 2 nitrogen and oxygen atoms in total. The van der Waals surface area contributed by atoms with E-state index in [1.54, 1.807) is 6.07 Å². The Hall–Kier alpha value is -1.25. The van der Waals surface area contributed by atoms with Crippen LogP contribution in [-0.2, 0) is 0 Å². The fraction of sp³-hybridized carbons (Fsp3) is 0.500. The molecule has 0 aliphatic carbocycles. The van der Waals surface area contributed by atoms with Crippen molar-refractivity contribution < 1.29 is 4.39 Å². The first kappa shape index (κ1) is 11.8. The summed E-state index contributed by atoms with van der Waals surface area (Å²) in [6.45, 7) is 6.40. The predicted octanol–water partition coefficient (Wildman–Crippen LogP) is 3.25. The molecule has 84 valence electrons. The second-order valence-electron chi connectivity index (χ2n) is 4.09. The molecule has 2 unspecified atom stereocenters. The molecular formula is C12H19FN2. The molecule has 0 saturated heterocycles. The predicted molar refractivity (Wildman–Crippen MR) is 63.4 cm³/mol. The largest absolute Gasteiger partial charge is 0.399 e. The molecule has 0 radical (unpaired) electrons. The van der Waals surface area contributed by atoms with Crippen LogP contribution in [-0.4, -0.2) is 6.04 Å². The van der Waals surface area contributed by atoms with Gasteiger partial charge in [-0.05, 0) is 31.0 Å². The first-order valence-corrected chi connectivity index (χ1v) is 5.35. The lowest BCUT2D eigenvalue weighted by Crippen LogP contribution is -2.23. The molecular weight excluding hydrogens is 191 g/mol. The highest BCUT2D eigenvalue weighted by molar-refractivity contribution is 5.55. The van der Waals surface area contributed by atoms with Gasteiger partial charge in [-0.15, -0.1) is 0 Å². The highest BCUT2D eigenvalue weighted by Crippen LogP contribution is 2.19. The maximum absolute atomic E-state index is 13.0. The highest BCUT2D eigenvalue weighted by atomic mass is 19.1. The normalized spacial score (nSPS) is 14.7. The third kappa shape index (κ3) is 3.42. The smallest absolute Gasteiger partial charge is 0.127 e. The van der Waals surface area contributed by atoms with E-state index in [0.29, 0.717) is 17.6 Å². The van der Waals surface area contributed by atoms with Crippen molar-refractivity contribution in [2.75, 3.05) is 11.1 Å². The lowest BCUT2D eigenvalue weighted by Gasteiger charge is -2.21. The van der Waals surface area contributed by atoms with Gasteiger partial charge in [-0.2, -0.15) is 0 Å². The molecule has 0 spiro atoms. The summed E-state index contributed by atoms with van der Waals surface area (Å²) in [5.41, 5.74) is 6.77. The van der Waals surface area contributed by atoms with Crippen LogP contribution in [0.3, 0.4) is 0 Å². The van der Waals surface area contributed by atoms with Gasteiger partial charge >= 0.3 is 0 Å². The van der Waals surface area contributed by atoms with Gasteiger partial charge in [-0.25, -0.2) is 4.39 Å². The van der Waals surface area contributed by atoms with Crippen molar-refractivity contribution in [1.82, 2.24) is 0 Å². The second-order valence-corrected chi connectivity index (χ2v) is 4.09. The maximum Gasteiger partial charge on any atom is 0.127 e. The molecule has 1 aromatic rings. The Bertz CT molecular complexity index is 305. The SMILES string of the molecule is CCC(C)C(C)Nc1cc(N)cc(F)c1. The van der Waals surface area contributed by atoms with Crippen molar-refractivity contribution in [1.29, 1.82) is 0 Å². The Labute approximate surface area is 90.7 Å². The van der Waals surface area contributed by atoms with Crippen molar-refractivity contribution >= 4 is 11.4 Å². The highest BCUT2D eigenvalue weighted by Gasteiger charge is 2.10. The number of nitrogens with one attached hydrogen (secondary N) is 1. The summed E-state index contributed by atoms with van der Waals surface area (Å²) in [5.74, 6) is 0.253. The number of hydrogen-bond acceptors (Lipinski definition) is 2. The molecule has 0 saturated carbocycles. The Morgan fingerprint density at radius 1 is 1.33 bits per heavy atom. The summed E-state index contributed by atoms with van der Waals surface area (Å²) in [5, 5.41) is 3.25. The number of rotatable bonds is 4. The van der Waals surface area contributed by atoms with Gasteiger partial charge < -0.3 is 11.1 Å². The molecule has 15 heavy (non-hydrogen) atoms. The summed E-state index contributed by atoms with van der Waals surface area (Å²) < 4.78 is 13.0. The average molecular weight is 210 g/mol. The van der Waals surface area contributed by atoms with Gasteiger partial charge in [0.25, 0.3) is 0 Å². The van der Waals surface area contributed by atoms with Gasteiger partial charge in [0.1, 0.15) is 5.82 Å². The van der Waals surface area contributed by atoms with E-state index >= 15 is 0 Å². The van der Waals surface area contributed by atoms with Crippen LogP contribution in [0.5, 0.6) is 0 Å². The van der Waals surface area contributed by atoms with Gasteiger partial charge in [0.05, 0.1) is 0 Å². The van der Waals surface area contributed by atoms with Crippen molar-refractivity contribution in [2.24, 2.45) is 5.92 Å². The van der Waals surface area contributed by atoms with Gasteiger partial charge in [-0.1, -0.05) is 20.3 Å². The van der Waals surface area contributed by atoms with Crippen LogP contribution in [0.15, 0.2) is 18.2 Å². The van der Waals surface area contributed by atoms with Crippen LogP contribution in [0.1, 0.15) is 27.2 Å². The van der Waals surface area contributed by atoms with Crippen molar-refractivity contribution in [3.8, 4) is 0 Å². The van der Waals surface area contributed by atoms with Gasteiger partial charge in [0, 0.05) is 17.4 Å². The van der Waals surface area contributed by atoms with Gasteiger partial charge in [0.15, 0.2) is 0 Å². The number of nitrogens with two attached hydrogens (primary N) is 1. The van der Waals surface area contributed by atoms with Crippen LogP contribution in [0.25, 0.3) is 0 Å². The van der Waals surface area contributed by atoms with Crippen molar-refractivity contribution in [3.05, 3.63) is 24.0 Å². The lowest BCUT2D eigenvalue weighted by molar-refractivity contribution is 0.494. The fourth-order valence-corrected chi connectivity index (χ4v) is 1.45. The molecule has 0 heterocycles. The molecule has 0 bridgehead atoms. The second kappa shape index (κ2) is 5.01. The molecule has 0 amide bonds. The molecule has 0 aromatic heterocycles. The fourth-order valence-electron chi connectivity index (χ4n) is 1.45. The van der Waals surface area contributed by atoms with Crippen LogP contribution < -0.4 is 11.1 Å². The van der Waals surface area contributed by atoms with E-state index in [0.717, 1.165) is 12.1 Å². The zero-order valence-electron chi connectivity index (χ0n) is 9.55. The van der Waals surface area contributed by atoms with E-state index in [4.69, 9.17) is 5.73 Å². The Morgan fingerprint density at radius 2 is 2.00 bits per heavy atom. The van der Waals surface area contributed by atoms with Crippen LogP contribution in [0.4, 0.5) is 15.8 Å². The van der Waals surface area contributed by atoms with Crippen molar-refractivity contribution in [3.63, 3.8) is 0 Å². The van der Waals surface area contributed by atoms with Crippen LogP contribution in [0.2, 0.25) is 0 Å².